The van der Waals surface area contributed by atoms with Crippen LogP contribution in [0.1, 0.15) is 19.4 Å². The summed E-state index contributed by atoms with van der Waals surface area (Å²) in [7, 11) is 2.08. The fourth-order valence-corrected chi connectivity index (χ4v) is 4.93. The van der Waals surface area contributed by atoms with Crippen molar-refractivity contribution in [3.63, 3.8) is 0 Å². The molecule has 1 unspecified atom stereocenters. The van der Waals surface area contributed by atoms with Crippen LogP contribution in [0.4, 0.5) is 11.4 Å². The zero-order valence-corrected chi connectivity index (χ0v) is 16.5. The van der Waals surface area contributed by atoms with Crippen molar-refractivity contribution in [2.45, 2.75) is 25.0 Å². The minimum Gasteiger partial charge on any atom is -0.459 e. The van der Waals surface area contributed by atoms with Crippen molar-refractivity contribution in [3.05, 3.63) is 64.6 Å². The number of nitrogens with zero attached hydrogens (tertiary/aromatic N) is 2. The first-order chi connectivity index (χ1) is 12.5. The van der Waals surface area contributed by atoms with E-state index in [2.05, 4.69) is 78.1 Å². The van der Waals surface area contributed by atoms with E-state index in [9.17, 15) is 0 Å². The summed E-state index contributed by atoms with van der Waals surface area (Å²) in [5, 5.41) is 2.24. The van der Waals surface area contributed by atoms with E-state index in [1.54, 1.807) is 0 Å². The molecule has 26 heavy (non-hydrogen) atoms. The van der Waals surface area contributed by atoms with Crippen LogP contribution in [-0.2, 0) is 5.41 Å². The van der Waals surface area contributed by atoms with Gasteiger partial charge >= 0.3 is 0 Å². The number of fused-ring (bicyclic) bond motifs is 4. The lowest BCUT2D eigenvalue weighted by molar-refractivity contribution is 0.0826. The van der Waals surface area contributed by atoms with E-state index in [0.717, 1.165) is 26.7 Å². The van der Waals surface area contributed by atoms with Gasteiger partial charge in [-0.15, -0.1) is 0 Å². The molecule has 4 heteroatoms. The Morgan fingerprint density at radius 2 is 1.69 bits per heavy atom. The fourth-order valence-electron chi connectivity index (χ4n) is 4.38. The van der Waals surface area contributed by atoms with E-state index in [-0.39, 0.29) is 5.41 Å². The van der Waals surface area contributed by atoms with Gasteiger partial charge < -0.3 is 9.64 Å². The van der Waals surface area contributed by atoms with E-state index in [4.69, 9.17) is 9.73 Å². The molecule has 130 valence electrons. The highest BCUT2D eigenvalue weighted by Gasteiger charge is 2.58. The van der Waals surface area contributed by atoms with Crippen molar-refractivity contribution < 1.29 is 4.74 Å². The number of likely N-dealkylation sites (N-methyl/N-ethyl adjacent to an activating group) is 1. The third kappa shape index (κ3) is 1.80. The number of para-hydroxylation sites is 1. The van der Waals surface area contributed by atoms with Crippen molar-refractivity contribution in [1.29, 1.82) is 0 Å². The molecular formula is C22H19BrN2O. The maximum atomic E-state index is 6.73. The van der Waals surface area contributed by atoms with Crippen LogP contribution in [0, 0.1) is 0 Å². The number of hydrogen-bond donors (Lipinski definition) is 0. The molecular weight excluding hydrogens is 388 g/mol. The quantitative estimate of drug-likeness (QED) is 0.469. The summed E-state index contributed by atoms with van der Waals surface area (Å²) in [6.07, 6.45) is 1.98. The Morgan fingerprint density at radius 1 is 1.00 bits per heavy atom. The Labute approximate surface area is 161 Å². The van der Waals surface area contributed by atoms with Gasteiger partial charge in [-0.1, -0.05) is 58.4 Å². The second-order valence-electron chi connectivity index (χ2n) is 7.51. The van der Waals surface area contributed by atoms with Crippen LogP contribution in [0.25, 0.3) is 10.8 Å². The highest BCUT2D eigenvalue weighted by molar-refractivity contribution is 9.10. The third-order valence-electron chi connectivity index (χ3n) is 5.90. The van der Waals surface area contributed by atoms with Gasteiger partial charge in [0.25, 0.3) is 0 Å². The van der Waals surface area contributed by atoms with E-state index >= 15 is 0 Å². The number of halogens is 1. The standard InChI is InChI=1S/C22H19BrN2O/c1-21(2)16-10-6-7-11-18(16)25(3)22(21)13-24-20-15-9-5-4-8-14(15)17(23)12-19(20)26-22/h4-13H,1-3H3. The molecule has 0 N–H and O–H groups in total. The van der Waals surface area contributed by atoms with Crippen LogP contribution < -0.4 is 9.64 Å². The molecule has 3 aromatic carbocycles. The smallest absolute Gasteiger partial charge is 0.228 e. The van der Waals surface area contributed by atoms with Crippen molar-refractivity contribution >= 4 is 44.3 Å². The first-order valence-corrected chi connectivity index (χ1v) is 9.54. The van der Waals surface area contributed by atoms with Gasteiger partial charge in [-0.05, 0) is 36.9 Å². The maximum absolute atomic E-state index is 6.73. The van der Waals surface area contributed by atoms with E-state index in [1.165, 1.54) is 11.3 Å². The molecule has 0 fully saturated rings. The molecule has 0 bridgehead atoms. The minimum atomic E-state index is -0.647. The van der Waals surface area contributed by atoms with Crippen molar-refractivity contribution in [2.75, 3.05) is 11.9 Å². The molecule has 0 aliphatic carbocycles. The van der Waals surface area contributed by atoms with Gasteiger partial charge in [0.15, 0.2) is 0 Å². The lowest BCUT2D eigenvalue weighted by Gasteiger charge is -2.45. The average Bonchev–Trinajstić information content (AvgIpc) is 2.81. The topological polar surface area (TPSA) is 24.8 Å². The summed E-state index contributed by atoms with van der Waals surface area (Å²) < 4.78 is 7.75. The van der Waals surface area contributed by atoms with Crippen LogP contribution in [0.3, 0.4) is 0 Å². The molecule has 2 aliphatic rings. The fraction of sp³-hybridized carbons (Fsp3) is 0.227. The Hall–Kier alpha value is -2.33. The zero-order chi connectivity index (χ0) is 18.1. The lowest BCUT2D eigenvalue weighted by atomic mass is 9.77. The first-order valence-electron chi connectivity index (χ1n) is 8.74. The molecule has 0 saturated carbocycles. The second-order valence-corrected chi connectivity index (χ2v) is 8.36. The van der Waals surface area contributed by atoms with Crippen LogP contribution in [0.15, 0.2) is 64.1 Å². The van der Waals surface area contributed by atoms with E-state index in [1.807, 2.05) is 24.4 Å². The zero-order valence-electron chi connectivity index (χ0n) is 15.0. The number of rotatable bonds is 0. The van der Waals surface area contributed by atoms with Crippen molar-refractivity contribution in [3.8, 4) is 5.75 Å². The summed E-state index contributed by atoms with van der Waals surface area (Å²) in [5.41, 5.74) is 2.47. The third-order valence-corrected chi connectivity index (χ3v) is 6.55. The highest BCUT2D eigenvalue weighted by atomic mass is 79.9. The highest BCUT2D eigenvalue weighted by Crippen LogP contribution is 2.54. The Morgan fingerprint density at radius 3 is 2.46 bits per heavy atom. The van der Waals surface area contributed by atoms with Gasteiger partial charge in [0.2, 0.25) is 5.72 Å². The molecule has 0 radical (unpaired) electrons. The van der Waals surface area contributed by atoms with Gasteiger partial charge in [-0.25, -0.2) is 0 Å². The van der Waals surface area contributed by atoms with Gasteiger partial charge in [-0.2, -0.15) is 0 Å². The van der Waals surface area contributed by atoms with Crippen LogP contribution in [0.5, 0.6) is 5.75 Å². The first kappa shape index (κ1) is 15.9. The molecule has 2 heterocycles. The van der Waals surface area contributed by atoms with Crippen molar-refractivity contribution in [1.82, 2.24) is 0 Å². The molecule has 1 atom stereocenters. The van der Waals surface area contributed by atoms with E-state index in [0.29, 0.717) is 0 Å². The van der Waals surface area contributed by atoms with Crippen LogP contribution >= 0.6 is 15.9 Å². The molecule has 5 rings (SSSR count). The largest absolute Gasteiger partial charge is 0.459 e. The monoisotopic (exact) mass is 406 g/mol. The summed E-state index contributed by atoms with van der Waals surface area (Å²) in [6.45, 7) is 4.45. The average molecular weight is 407 g/mol. The molecule has 0 saturated heterocycles. The normalized spacial score (nSPS) is 22.4. The van der Waals surface area contributed by atoms with Gasteiger partial charge in [0.1, 0.15) is 11.4 Å². The predicted molar refractivity (Wildman–Crippen MR) is 111 cm³/mol. The SMILES string of the molecule is CN1c2ccccc2C(C)(C)C12C=Nc1c(cc(Br)c3ccccc13)O2. The maximum Gasteiger partial charge on any atom is 0.228 e. The predicted octanol–water partition coefficient (Wildman–Crippen LogP) is 5.82. The van der Waals surface area contributed by atoms with Crippen molar-refractivity contribution in [2.24, 2.45) is 4.99 Å². The molecule has 2 aliphatic heterocycles. The number of anilines is 1. The summed E-state index contributed by atoms with van der Waals surface area (Å²) in [4.78, 5) is 7.12. The number of benzene rings is 3. The molecule has 0 amide bonds. The Kier molecular flexibility index (Phi) is 3.12. The Bertz CT molecular complexity index is 1090. The van der Waals surface area contributed by atoms with Gasteiger partial charge in [0.05, 0.1) is 11.6 Å². The molecule has 0 aromatic heterocycles. The molecule has 3 nitrogen and oxygen atoms in total. The number of ether oxygens (including phenoxy) is 1. The second kappa shape index (κ2) is 5.10. The van der Waals surface area contributed by atoms with Gasteiger partial charge in [-0.3, -0.25) is 4.99 Å². The lowest BCUT2D eigenvalue weighted by Crippen LogP contribution is -2.61. The Balaban J connectivity index is 1.74. The van der Waals surface area contributed by atoms with E-state index < -0.39 is 5.72 Å². The van der Waals surface area contributed by atoms with Crippen LogP contribution in [0.2, 0.25) is 0 Å². The van der Waals surface area contributed by atoms with Gasteiger partial charge in [0, 0.05) is 22.6 Å². The molecule has 3 aromatic rings. The molecule has 1 spiro atoms. The summed E-state index contributed by atoms with van der Waals surface area (Å²) >= 11 is 3.70. The minimum absolute atomic E-state index is 0.238. The number of hydrogen-bond acceptors (Lipinski definition) is 3. The summed E-state index contributed by atoms with van der Waals surface area (Å²) in [5.74, 6) is 0.811. The summed E-state index contributed by atoms with van der Waals surface area (Å²) in [6, 6.07) is 18.8. The number of aliphatic imine (C=N–C) groups is 1. The van der Waals surface area contributed by atoms with Crippen LogP contribution in [-0.4, -0.2) is 19.0 Å².